The molecule has 0 spiro atoms. The Morgan fingerprint density at radius 2 is 1.20 bits per heavy atom. The number of nitrogens with one attached hydrogen (secondary N) is 2. The lowest BCUT2D eigenvalue weighted by molar-refractivity contribution is 0.0935. The fourth-order valence-corrected chi connectivity index (χ4v) is 5.95. The monoisotopic (exact) mass is 716 g/mol. The van der Waals surface area contributed by atoms with Gasteiger partial charge >= 0.3 is 0 Å². The Labute approximate surface area is 304 Å². The average Bonchev–Trinajstić information content (AvgIpc) is 3.16. The van der Waals surface area contributed by atoms with Crippen LogP contribution in [-0.2, 0) is 0 Å². The predicted molar refractivity (Wildman–Crippen MR) is 200 cm³/mol. The van der Waals surface area contributed by atoms with Crippen molar-refractivity contribution in [3.8, 4) is 40.2 Å². The van der Waals surface area contributed by atoms with E-state index in [1.165, 1.54) is 0 Å². The van der Waals surface area contributed by atoms with Gasteiger partial charge in [-0.15, -0.1) is 0 Å². The molecule has 11 heteroatoms. The van der Waals surface area contributed by atoms with E-state index >= 15 is 0 Å². The van der Waals surface area contributed by atoms with Gasteiger partial charge in [0, 0.05) is 10.7 Å². The molecule has 51 heavy (non-hydrogen) atoms. The summed E-state index contributed by atoms with van der Waals surface area (Å²) in [6.07, 6.45) is 8.56. The number of hydrogen-bond acceptors (Lipinski definition) is 9. The van der Waals surface area contributed by atoms with Crippen molar-refractivity contribution in [2.24, 2.45) is 0 Å². The lowest BCUT2D eigenvalue weighted by Crippen LogP contribution is -2.38. The number of carbonyl (C=O) groups is 1. The molecule has 1 unspecified atom stereocenters. The number of anilines is 1. The fraction of sp³-hybridized carbons (Fsp3) is 0.325. The summed E-state index contributed by atoms with van der Waals surface area (Å²) in [5.74, 6) is 4.23. The van der Waals surface area contributed by atoms with Crippen LogP contribution in [0.15, 0.2) is 66.7 Å². The van der Waals surface area contributed by atoms with E-state index in [0.717, 1.165) is 54.5 Å². The molecular formula is C40H45ClN2O8. The lowest BCUT2D eigenvalue weighted by Gasteiger charge is -2.28. The molecule has 0 radical (unpaired) electrons. The van der Waals surface area contributed by atoms with E-state index in [2.05, 4.69) is 10.6 Å². The molecule has 0 saturated carbocycles. The summed E-state index contributed by atoms with van der Waals surface area (Å²) in [5.41, 5.74) is 3.98. The van der Waals surface area contributed by atoms with E-state index in [-0.39, 0.29) is 5.91 Å². The SMILES string of the molecule is COc1cc(C2NC(=O)c3cc(Cl)ccc3N2)ccc1OCCCCCCCOc1cc(/C=C/c2cc(OC)c(OC)c(OC)c2)ccc1OC. The Balaban J connectivity index is 1.04. The highest BCUT2D eigenvalue weighted by atomic mass is 35.5. The molecule has 0 bridgehead atoms. The predicted octanol–water partition coefficient (Wildman–Crippen LogP) is 8.82. The zero-order chi connectivity index (χ0) is 36.2. The van der Waals surface area contributed by atoms with Crippen molar-refractivity contribution >= 4 is 35.3 Å². The highest BCUT2D eigenvalue weighted by Gasteiger charge is 2.25. The second kappa shape index (κ2) is 18.1. The van der Waals surface area contributed by atoms with Crippen LogP contribution in [0.1, 0.15) is 65.3 Å². The van der Waals surface area contributed by atoms with Crippen molar-refractivity contribution in [1.82, 2.24) is 5.32 Å². The number of fused-ring (bicyclic) bond motifs is 1. The molecule has 0 aliphatic carbocycles. The Hall–Kier alpha value is -5.22. The van der Waals surface area contributed by atoms with Crippen molar-refractivity contribution in [3.63, 3.8) is 0 Å². The number of rotatable bonds is 18. The number of hydrogen-bond donors (Lipinski definition) is 2. The molecule has 1 aliphatic heterocycles. The molecular weight excluding hydrogens is 672 g/mol. The minimum Gasteiger partial charge on any atom is -0.493 e. The van der Waals surface area contributed by atoms with Crippen LogP contribution in [0, 0.1) is 0 Å². The molecule has 1 aliphatic rings. The maximum Gasteiger partial charge on any atom is 0.255 e. The van der Waals surface area contributed by atoms with Gasteiger partial charge in [0.1, 0.15) is 6.17 Å². The Kier molecular flexibility index (Phi) is 13.2. The van der Waals surface area contributed by atoms with Crippen LogP contribution < -0.4 is 43.8 Å². The molecule has 1 amide bonds. The van der Waals surface area contributed by atoms with E-state index in [1.54, 1.807) is 47.7 Å². The second-order valence-corrected chi connectivity index (χ2v) is 12.3. The first-order chi connectivity index (χ1) is 24.9. The van der Waals surface area contributed by atoms with E-state index < -0.39 is 6.17 Å². The van der Waals surface area contributed by atoms with Gasteiger partial charge in [0.25, 0.3) is 5.91 Å². The first-order valence-corrected chi connectivity index (χ1v) is 17.2. The standard InChI is InChI=1S/C40H45ClN2O8/c1-45-32-17-13-26(11-12-27-22-36(47-3)38(49-5)37(23-27)48-4)21-35(32)51-20-10-8-6-7-9-19-50-33-18-14-28(24-34(33)46-2)39-42-31-16-15-29(41)25-30(31)40(44)43-39/h11-18,21-25,39,42H,6-10,19-20H2,1-5H3,(H,43,44)/b12-11+. The van der Waals surface area contributed by atoms with Crippen LogP contribution in [-0.4, -0.2) is 54.7 Å². The molecule has 0 aromatic heterocycles. The number of methoxy groups -OCH3 is 5. The van der Waals surface area contributed by atoms with Gasteiger partial charge in [-0.2, -0.15) is 0 Å². The summed E-state index contributed by atoms with van der Waals surface area (Å²) in [4.78, 5) is 12.7. The first-order valence-electron chi connectivity index (χ1n) is 16.8. The van der Waals surface area contributed by atoms with Gasteiger partial charge in [-0.1, -0.05) is 55.1 Å². The Morgan fingerprint density at radius 1 is 0.588 bits per heavy atom. The van der Waals surface area contributed by atoms with Crippen molar-refractivity contribution < 1.29 is 38.0 Å². The van der Waals surface area contributed by atoms with Crippen molar-refractivity contribution in [2.45, 2.75) is 38.3 Å². The molecule has 1 atom stereocenters. The van der Waals surface area contributed by atoms with Crippen molar-refractivity contribution in [3.05, 3.63) is 94.0 Å². The topological polar surface area (TPSA) is 106 Å². The lowest BCUT2D eigenvalue weighted by atomic mass is 10.1. The van der Waals surface area contributed by atoms with Gasteiger partial charge < -0.3 is 43.8 Å². The molecule has 0 saturated heterocycles. The summed E-state index contributed by atoms with van der Waals surface area (Å²) in [6, 6.07) is 20.6. The molecule has 4 aromatic rings. The van der Waals surface area contributed by atoms with Crippen LogP contribution in [0.25, 0.3) is 12.2 Å². The van der Waals surface area contributed by atoms with E-state index in [9.17, 15) is 4.79 Å². The van der Waals surface area contributed by atoms with Crippen LogP contribution in [0.4, 0.5) is 5.69 Å². The number of amides is 1. The quantitative estimate of drug-likeness (QED) is 0.0772. The van der Waals surface area contributed by atoms with E-state index in [0.29, 0.717) is 64.0 Å². The molecule has 5 rings (SSSR count). The zero-order valence-corrected chi connectivity index (χ0v) is 30.4. The molecule has 0 fully saturated rings. The molecule has 10 nitrogen and oxygen atoms in total. The summed E-state index contributed by atoms with van der Waals surface area (Å²) in [7, 11) is 8.04. The minimum atomic E-state index is -0.403. The van der Waals surface area contributed by atoms with Gasteiger partial charge in [0.15, 0.2) is 34.5 Å². The van der Waals surface area contributed by atoms with Gasteiger partial charge in [-0.25, -0.2) is 0 Å². The maximum absolute atomic E-state index is 12.7. The van der Waals surface area contributed by atoms with Crippen molar-refractivity contribution in [1.29, 1.82) is 0 Å². The highest BCUT2D eigenvalue weighted by molar-refractivity contribution is 6.31. The normalized spacial score (nSPS) is 13.5. The summed E-state index contributed by atoms with van der Waals surface area (Å²) < 4.78 is 39.7. The van der Waals surface area contributed by atoms with E-state index in [4.69, 9.17) is 44.8 Å². The fourth-order valence-electron chi connectivity index (χ4n) is 5.78. The highest BCUT2D eigenvalue weighted by Crippen LogP contribution is 2.39. The minimum absolute atomic E-state index is 0.186. The second-order valence-electron chi connectivity index (χ2n) is 11.8. The molecule has 1 heterocycles. The zero-order valence-electron chi connectivity index (χ0n) is 29.7. The number of benzene rings is 4. The van der Waals surface area contributed by atoms with Crippen LogP contribution in [0.5, 0.6) is 40.2 Å². The largest absolute Gasteiger partial charge is 0.493 e. The number of ether oxygens (including phenoxy) is 7. The molecule has 270 valence electrons. The van der Waals surface area contributed by atoms with Gasteiger partial charge in [0.05, 0.1) is 54.3 Å². The number of halogens is 1. The third-order valence-electron chi connectivity index (χ3n) is 8.47. The molecule has 4 aromatic carbocycles. The van der Waals surface area contributed by atoms with Crippen LogP contribution >= 0.6 is 11.6 Å². The average molecular weight is 717 g/mol. The smallest absolute Gasteiger partial charge is 0.255 e. The summed E-state index contributed by atoms with van der Waals surface area (Å²) in [5, 5.41) is 6.83. The maximum atomic E-state index is 12.7. The van der Waals surface area contributed by atoms with Gasteiger partial charge in [0.2, 0.25) is 5.75 Å². The van der Waals surface area contributed by atoms with Gasteiger partial charge in [-0.05, 0) is 84.1 Å². The number of unbranched alkanes of at least 4 members (excludes halogenated alkanes) is 4. The summed E-state index contributed by atoms with van der Waals surface area (Å²) in [6.45, 7) is 1.17. The van der Waals surface area contributed by atoms with E-state index in [1.807, 2.05) is 66.7 Å². The third-order valence-corrected chi connectivity index (χ3v) is 8.70. The Morgan fingerprint density at radius 3 is 1.86 bits per heavy atom. The van der Waals surface area contributed by atoms with Gasteiger partial charge in [-0.3, -0.25) is 4.79 Å². The first kappa shape index (κ1) is 37.0. The molecule has 2 N–H and O–H groups in total. The Bertz CT molecular complexity index is 1800. The third kappa shape index (κ3) is 9.52. The number of carbonyl (C=O) groups excluding carboxylic acids is 1. The van der Waals surface area contributed by atoms with Crippen LogP contribution in [0.2, 0.25) is 5.02 Å². The van der Waals surface area contributed by atoms with Crippen molar-refractivity contribution in [2.75, 3.05) is 54.1 Å². The summed E-state index contributed by atoms with van der Waals surface area (Å²) >= 11 is 6.06. The van der Waals surface area contributed by atoms with Crippen LogP contribution in [0.3, 0.4) is 0 Å².